The van der Waals surface area contributed by atoms with Gasteiger partial charge in [0.1, 0.15) is 0 Å². The maximum atomic E-state index is 5.71. The lowest BCUT2D eigenvalue weighted by Gasteiger charge is -2.35. The number of nitrogens with two attached hydrogens (primary N) is 1. The van der Waals surface area contributed by atoms with Crippen LogP contribution >= 0.6 is 0 Å². The minimum Gasteiger partial charge on any atom is -0.327 e. The molecule has 0 aliphatic heterocycles. The van der Waals surface area contributed by atoms with Gasteiger partial charge in [-0.25, -0.2) is 0 Å². The topological polar surface area (TPSA) is 38.0 Å². The molecular weight excluding hydrogens is 148 g/mol. The summed E-state index contributed by atoms with van der Waals surface area (Å²) in [4.78, 5) is 0. The quantitative estimate of drug-likeness (QED) is 0.676. The Balaban J connectivity index is 2.26. The maximum absolute atomic E-state index is 5.71. The first kappa shape index (κ1) is 10.0. The second-order valence-corrected chi connectivity index (χ2v) is 4.48. The second-order valence-electron chi connectivity index (χ2n) is 4.48. The molecule has 0 saturated heterocycles. The molecule has 3 N–H and O–H groups in total. The van der Waals surface area contributed by atoms with Gasteiger partial charge in [0.2, 0.25) is 0 Å². The van der Waals surface area contributed by atoms with E-state index < -0.39 is 0 Å². The molecule has 0 aromatic rings. The van der Waals surface area contributed by atoms with Crippen molar-refractivity contribution in [3.63, 3.8) is 0 Å². The van der Waals surface area contributed by atoms with Crippen LogP contribution in [0.2, 0.25) is 0 Å². The number of hydrogen-bond acceptors (Lipinski definition) is 2. The zero-order valence-corrected chi connectivity index (χ0v) is 8.40. The van der Waals surface area contributed by atoms with Gasteiger partial charge in [-0.3, -0.25) is 0 Å². The molecule has 1 fully saturated rings. The normalized spacial score (nSPS) is 25.2. The van der Waals surface area contributed by atoms with Crippen LogP contribution < -0.4 is 11.1 Å². The molecule has 0 unspecified atom stereocenters. The largest absolute Gasteiger partial charge is 0.327 e. The fraction of sp³-hybridized carbons (Fsp3) is 1.00. The summed E-state index contributed by atoms with van der Waals surface area (Å²) in [5.41, 5.74) is 6.09. The van der Waals surface area contributed by atoms with Crippen molar-refractivity contribution in [2.75, 3.05) is 6.54 Å². The van der Waals surface area contributed by atoms with E-state index in [1.54, 1.807) is 0 Å². The van der Waals surface area contributed by atoms with Crippen LogP contribution in [0.15, 0.2) is 0 Å². The molecule has 1 rings (SSSR count). The monoisotopic (exact) mass is 170 g/mol. The summed E-state index contributed by atoms with van der Waals surface area (Å²) in [6, 6.07) is 0.281. The summed E-state index contributed by atoms with van der Waals surface area (Å²) < 4.78 is 0. The lowest BCUT2D eigenvalue weighted by atomic mass is 9.83. The van der Waals surface area contributed by atoms with Crippen LogP contribution in [0.25, 0.3) is 0 Å². The minimum absolute atomic E-state index is 0.281. The van der Waals surface area contributed by atoms with E-state index in [1.165, 1.54) is 32.1 Å². The molecule has 0 spiro atoms. The Kier molecular flexibility index (Phi) is 3.53. The van der Waals surface area contributed by atoms with Crippen molar-refractivity contribution in [2.24, 2.45) is 5.73 Å². The van der Waals surface area contributed by atoms with Crippen molar-refractivity contribution in [3.8, 4) is 0 Å². The highest BCUT2D eigenvalue weighted by Crippen LogP contribution is 2.27. The smallest absolute Gasteiger partial charge is 0.0154 e. The molecule has 1 atom stereocenters. The van der Waals surface area contributed by atoms with Gasteiger partial charge in [-0.05, 0) is 26.7 Å². The molecule has 0 radical (unpaired) electrons. The lowest BCUT2D eigenvalue weighted by Crippen LogP contribution is -2.48. The third-order valence-electron chi connectivity index (χ3n) is 2.81. The van der Waals surface area contributed by atoms with Crippen molar-refractivity contribution < 1.29 is 0 Å². The molecule has 2 nitrogen and oxygen atoms in total. The molecule has 2 heteroatoms. The predicted octanol–water partition coefficient (Wildman–Crippen LogP) is 1.65. The molecule has 0 aromatic heterocycles. The molecule has 72 valence electrons. The van der Waals surface area contributed by atoms with E-state index in [0.29, 0.717) is 5.54 Å². The number of nitrogens with one attached hydrogen (secondary N) is 1. The first-order chi connectivity index (χ1) is 5.62. The highest BCUT2D eigenvalue weighted by atomic mass is 15.0. The molecular formula is C10H22N2. The lowest BCUT2D eigenvalue weighted by molar-refractivity contribution is 0.251. The molecule has 0 bridgehead atoms. The van der Waals surface area contributed by atoms with E-state index >= 15 is 0 Å². The average Bonchev–Trinajstić information content (AvgIpc) is 2.03. The third-order valence-corrected chi connectivity index (χ3v) is 2.81. The standard InChI is InChI=1S/C10H22N2/c1-9(11)8-12-10(2)6-4-3-5-7-10/h9,12H,3-8,11H2,1-2H3/t9-/m1/s1. The van der Waals surface area contributed by atoms with Gasteiger partial charge >= 0.3 is 0 Å². The van der Waals surface area contributed by atoms with Crippen LogP contribution in [0.3, 0.4) is 0 Å². The van der Waals surface area contributed by atoms with Crippen LogP contribution in [-0.4, -0.2) is 18.1 Å². The van der Waals surface area contributed by atoms with Crippen molar-refractivity contribution in [1.82, 2.24) is 5.32 Å². The Morgan fingerprint density at radius 2 is 1.92 bits per heavy atom. The number of rotatable bonds is 3. The minimum atomic E-state index is 0.281. The van der Waals surface area contributed by atoms with Crippen LogP contribution in [0.4, 0.5) is 0 Å². The van der Waals surface area contributed by atoms with E-state index in [-0.39, 0.29) is 6.04 Å². The zero-order valence-electron chi connectivity index (χ0n) is 8.40. The fourth-order valence-corrected chi connectivity index (χ4v) is 1.92. The Morgan fingerprint density at radius 1 is 1.33 bits per heavy atom. The van der Waals surface area contributed by atoms with Crippen LogP contribution in [0.5, 0.6) is 0 Å². The molecule has 1 aliphatic carbocycles. The highest BCUT2D eigenvalue weighted by Gasteiger charge is 2.25. The highest BCUT2D eigenvalue weighted by molar-refractivity contribution is 4.86. The Bertz CT molecular complexity index is 126. The van der Waals surface area contributed by atoms with Gasteiger partial charge in [0.25, 0.3) is 0 Å². The van der Waals surface area contributed by atoms with Crippen LogP contribution in [0, 0.1) is 0 Å². The predicted molar refractivity (Wildman–Crippen MR) is 53.1 cm³/mol. The van der Waals surface area contributed by atoms with Gasteiger partial charge in [-0.1, -0.05) is 19.3 Å². The fourth-order valence-electron chi connectivity index (χ4n) is 1.92. The molecule has 1 aliphatic rings. The second kappa shape index (κ2) is 4.24. The van der Waals surface area contributed by atoms with E-state index in [2.05, 4.69) is 19.2 Å². The van der Waals surface area contributed by atoms with Crippen molar-refractivity contribution in [3.05, 3.63) is 0 Å². The Hall–Kier alpha value is -0.0800. The van der Waals surface area contributed by atoms with Gasteiger partial charge in [-0.15, -0.1) is 0 Å². The van der Waals surface area contributed by atoms with Gasteiger partial charge < -0.3 is 11.1 Å². The average molecular weight is 170 g/mol. The summed E-state index contributed by atoms with van der Waals surface area (Å²) in [6.45, 7) is 5.34. The van der Waals surface area contributed by atoms with Crippen LogP contribution in [-0.2, 0) is 0 Å². The molecule has 1 saturated carbocycles. The van der Waals surface area contributed by atoms with Crippen molar-refractivity contribution >= 4 is 0 Å². The first-order valence-corrected chi connectivity index (χ1v) is 5.13. The first-order valence-electron chi connectivity index (χ1n) is 5.13. The van der Waals surface area contributed by atoms with Gasteiger partial charge in [0, 0.05) is 18.1 Å². The zero-order chi connectivity index (χ0) is 9.03. The van der Waals surface area contributed by atoms with E-state index in [1.807, 2.05) is 0 Å². The van der Waals surface area contributed by atoms with Gasteiger partial charge in [0.15, 0.2) is 0 Å². The molecule has 0 amide bonds. The Morgan fingerprint density at radius 3 is 2.42 bits per heavy atom. The van der Waals surface area contributed by atoms with E-state index in [4.69, 9.17) is 5.73 Å². The summed E-state index contributed by atoms with van der Waals surface area (Å²) in [5.74, 6) is 0. The molecule has 0 heterocycles. The van der Waals surface area contributed by atoms with E-state index in [0.717, 1.165) is 6.54 Å². The maximum Gasteiger partial charge on any atom is 0.0154 e. The molecule has 12 heavy (non-hydrogen) atoms. The van der Waals surface area contributed by atoms with Crippen LogP contribution in [0.1, 0.15) is 46.0 Å². The third kappa shape index (κ3) is 3.11. The number of hydrogen-bond donors (Lipinski definition) is 2. The summed E-state index contributed by atoms with van der Waals surface area (Å²) >= 11 is 0. The summed E-state index contributed by atoms with van der Waals surface area (Å²) in [5, 5.41) is 3.57. The summed E-state index contributed by atoms with van der Waals surface area (Å²) in [6.07, 6.45) is 6.81. The van der Waals surface area contributed by atoms with E-state index in [9.17, 15) is 0 Å². The van der Waals surface area contributed by atoms with Gasteiger partial charge in [-0.2, -0.15) is 0 Å². The summed E-state index contributed by atoms with van der Waals surface area (Å²) in [7, 11) is 0. The Labute approximate surface area is 75.9 Å². The van der Waals surface area contributed by atoms with Crippen molar-refractivity contribution in [2.45, 2.75) is 57.5 Å². The van der Waals surface area contributed by atoms with Crippen molar-refractivity contribution in [1.29, 1.82) is 0 Å². The SMILES string of the molecule is C[C@@H](N)CNC1(C)CCCCC1. The molecule has 0 aromatic carbocycles. The van der Waals surface area contributed by atoms with Gasteiger partial charge in [0.05, 0.1) is 0 Å².